The van der Waals surface area contributed by atoms with Crippen LogP contribution >= 0.6 is 0 Å². The fraction of sp³-hybridized carbons (Fsp3) is 0.167. The van der Waals surface area contributed by atoms with Crippen molar-refractivity contribution in [2.75, 3.05) is 5.32 Å². The number of hydrogen-bond acceptors (Lipinski definition) is 7. The first kappa shape index (κ1) is 22.6. The minimum Gasteiger partial charge on any atom is -0.449 e. The molecule has 0 aliphatic heterocycles. The molecule has 0 bridgehead atoms. The Morgan fingerprint density at radius 1 is 1.21 bits per heavy atom. The van der Waals surface area contributed by atoms with Gasteiger partial charge in [0.2, 0.25) is 0 Å². The average molecular weight is 459 g/mol. The molecule has 2 aromatic heterocycles. The second-order valence-electron chi connectivity index (χ2n) is 7.61. The van der Waals surface area contributed by atoms with E-state index in [1.165, 1.54) is 12.1 Å². The van der Waals surface area contributed by atoms with Crippen LogP contribution < -0.4 is 5.32 Å². The van der Waals surface area contributed by atoms with Crippen LogP contribution in [0.1, 0.15) is 29.3 Å². The molecule has 4 rings (SSSR count). The zero-order chi connectivity index (χ0) is 24.2. The third kappa shape index (κ3) is 4.75. The summed E-state index contributed by atoms with van der Waals surface area (Å²) in [5, 5.41) is 13.7. The van der Waals surface area contributed by atoms with Crippen LogP contribution in [0.5, 0.6) is 0 Å². The Bertz CT molecular complexity index is 1380. The number of H-pyrrole nitrogens is 1. The minimum absolute atomic E-state index is 0.149. The molecule has 0 spiro atoms. The first-order valence-electron chi connectivity index (χ1n) is 10.5. The predicted molar refractivity (Wildman–Crippen MR) is 125 cm³/mol. The summed E-state index contributed by atoms with van der Waals surface area (Å²) in [6.07, 6.45) is 2.50. The van der Waals surface area contributed by atoms with Crippen molar-refractivity contribution >= 4 is 34.3 Å². The summed E-state index contributed by atoms with van der Waals surface area (Å²) in [6, 6.07) is 12.7. The highest BCUT2D eigenvalue weighted by molar-refractivity contribution is 5.99. The van der Waals surface area contributed by atoms with E-state index < -0.39 is 22.9 Å². The van der Waals surface area contributed by atoms with Crippen LogP contribution in [0.4, 0.5) is 11.4 Å². The number of hydrogen-bond donors (Lipinski definition) is 2. The monoisotopic (exact) mass is 459 g/mol. The lowest BCUT2D eigenvalue weighted by Crippen LogP contribution is -2.32. The summed E-state index contributed by atoms with van der Waals surface area (Å²) in [5.41, 5.74) is 3.15. The second-order valence-corrected chi connectivity index (χ2v) is 7.61. The van der Waals surface area contributed by atoms with E-state index in [0.29, 0.717) is 22.4 Å². The van der Waals surface area contributed by atoms with E-state index in [0.717, 1.165) is 5.56 Å². The Morgan fingerprint density at radius 3 is 2.74 bits per heavy atom. The lowest BCUT2D eigenvalue weighted by atomic mass is 10.1. The Kier molecular flexibility index (Phi) is 6.30. The predicted octanol–water partition coefficient (Wildman–Crippen LogP) is 4.42. The number of nitrogens with zero attached hydrogens (tertiary/aromatic N) is 3. The van der Waals surface area contributed by atoms with Gasteiger partial charge in [-0.25, -0.2) is 9.78 Å². The fourth-order valence-electron chi connectivity index (χ4n) is 3.37. The van der Waals surface area contributed by atoms with Crippen LogP contribution in [0.25, 0.3) is 22.4 Å². The summed E-state index contributed by atoms with van der Waals surface area (Å²) in [6.45, 7) is 3.42. The molecule has 172 valence electrons. The van der Waals surface area contributed by atoms with Crippen molar-refractivity contribution in [2.45, 2.75) is 26.4 Å². The molecule has 1 unspecified atom stereocenters. The normalized spacial score (nSPS) is 11.7. The maximum atomic E-state index is 12.8. The molecule has 0 aliphatic rings. The van der Waals surface area contributed by atoms with Gasteiger partial charge in [-0.15, -0.1) is 0 Å². The van der Waals surface area contributed by atoms with Crippen LogP contribution in [0.3, 0.4) is 0 Å². The van der Waals surface area contributed by atoms with Gasteiger partial charge in [-0.1, -0.05) is 13.0 Å². The number of aryl methyl sites for hydroxylation is 1. The van der Waals surface area contributed by atoms with Crippen LogP contribution in [0.15, 0.2) is 60.9 Å². The smallest absolute Gasteiger partial charge is 0.338 e. The van der Waals surface area contributed by atoms with Gasteiger partial charge in [0.25, 0.3) is 11.6 Å². The van der Waals surface area contributed by atoms with E-state index in [9.17, 15) is 19.7 Å². The first-order valence-corrected chi connectivity index (χ1v) is 10.5. The van der Waals surface area contributed by atoms with Gasteiger partial charge in [0, 0.05) is 30.1 Å². The van der Waals surface area contributed by atoms with E-state index in [-0.39, 0.29) is 23.4 Å². The third-order valence-corrected chi connectivity index (χ3v) is 5.25. The van der Waals surface area contributed by atoms with Gasteiger partial charge in [0.15, 0.2) is 6.10 Å². The van der Waals surface area contributed by atoms with Gasteiger partial charge < -0.3 is 15.0 Å². The van der Waals surface area contributed by atoms with E-state index in [1.54, 1.807) is 56.6 Å². The molecule has 10 nitrogen and oxygen atoms in total. The average Bonchev–Trinajstić information content (AvgIpc) is 3.27. The highest BCUT2D eigenvalue weighted by Crippen LogP contribution is 2.23. The Hall–Kier alpha value is -4.60. The Labute approximate surface area is 194 Å². The SMILES string of the molecule is CCC(OC(=O)c1ccc2nc(-c3cccnc3)[nH]c2c1)C(=O)Nc1cc([N+](=O)[O-])ccc1C. The fourth-order valence-corrected chi connectivity index (χ4v) is 3.37. The maximum absolute atomic E-state index is 12.8. The molecular formula is C24H21N5O5. The molecule has 2 heterocycles. The second kappa shape index (κ2) is 9.49. The van der Waals surface area contributed by atoms with Crippen LogP contribution in [0, 0.1) is 17.0 Å². The number of carbonyl (C=O) groups is 2. The summed E-state index contributed by atoms with van der Waals surface area (Å²) in [7, 11) is 0. The van der Waals surface area contributed by atoms with Crippen LogP contribution in [-0.4, -0.2) is 37.9 Å². The van der Waals surface area contributed by atoms with Crippen molar-refractivity contribution in [3.63, 3.8) is 0 Å². The number of carbonyl (C=O) groups excluding carboxylic acids is 2. The molecule has 0 aliphatic carbocycles. The number of ether oxygens (including phenoxy) is 1. The van der Waals surface area contributed by atoms with Gasteiger partial charge in [0.1, 0.15) is 5.82 Å². The van der Waals surface area contributed by atoms with E-state index >= 15 is 0 Å². The molecule has 2 N–H and O–H groups in total. The number of anilines is 1. The van der Waals surface area contributed by atoms with Gasteiger partial charge in [0.05, 0.1) is 27.2 Å². The number of non-ortho nitro benzene ring substituents is 1. The van der Waals surface area contributed by atoms with Gasteiger partial charge in [-0.3, -0.25) is 19.9 Å². The molecule has 1 atom stereocenters. The highest BCUT2D eigenvalue weighted by atomic mass is 16.6. The number of benzene rings is 2. The van der Waals surface area contributed by atoms with Gasteiger partial charge in [-0.2, -0.15) is 0 Å². The number of rotatable bonds is 7. The number of aromatic nitrogens is 3. The van der Waals surface area contributed by atoms with Crippen molar-refractivity contribution in [1.82, 2.24) is 15.0 Å². The lowest BCUT2D eigenvalue weighted by Gasteiger charge is -2.17. The van der Waals surface area contributed by atoms with E-state index in [4.69, 9.17) is 4.74 Å². The lowest BCUT2D eigenvalue weighted by molar-refractivity contribution is -0.384. The number of pyridine rings is 1. The van der Waals surface area contributed by atoms with Crippen molar-refractivity contribution < 1.29 is 19.2 Å². The quantitative estimate of drug-likeness (QED) is 0.237. The molecule has 0 fully saturated rings. The number of aromatic amines is 1. The topological polar surface area (TPSA) is 140 Å². The summed E-state index contributed by atoms with van der Waals surface area (Å²) >= 11 is 0. The van der Waals surface area contributed by atoms with Crippen LogP contribution in [0.2, 0.25) is 0 Å². The van der Waals surface area contributed by atoms with E-state index in [1.807, 2.05) is 6.07 Å². The third-order valence-electron chi connectivity index (χ3n) is 5.25. The largest absolute Gasteiger partial charge is 0.449 e. The number of nitro benzene ring substituents is 1. The van der Waals surface area contributed by atoms with Gasteiger partial charge >= 0.3 is 5.97 Å². The number of nitrogens with one attached hydrogen (secondary N) is 2. The Morgan fingerprint density at radius 2 is 2.03 bits per heavy atom. The highest BCUT2D eigenvalue weighted by Gasteiger charge is 2.23. The van der Waals surface area contributed by atoms with Crippen LogP contribution in [-0.2, 0) is 9.53 Å². The summed E-state index contributed by atoms with van der Waals surface area (Å²) < 4.78 is 5.45. The molecular weight excluding hydrogens is 438 g/mol. The van der Waals surface area contributed by atoms with Crippen molar-refractivity contribution in [3.8, 4) is 11.4 Å². The molecule has 0 radical (unpaired) electrons. The van der Waals surface area contributed by atoms with Crippen molar-refractivity contribution in [3.05, 3.63) is 82.2 Å². The Balaban J connectivity index is 1.50. The first-order chi connectivity index (χ1) is 16.4. The minimum atomic E-state index is -1.07. The standard InChI is InChI=1S/C24H21N5O5/c1-3-21(23(30)28-19-12-17(29(32)33)8-6-14(19)2)34-24(31)15-7-9-18-20(11-15)27-22(26-18)16-5-4-10-25-13-16/h4-13,21H,3H2,1-2H3,(H,26,27)(H,28,30). The number of amides is 1. The molecule has 0 saturated heterocycles. The van der Waals surface area contributed by atoms with Gasteiger partial charge in [-0.05, 0) is 49.2 Å². The molecule has 2 aromatic carbocycles. The molecule has 1 amide bonds. The zero-order valence-electron chi connectivity index (χ0n) is 18.4. The van der Waals surface area contributed by atoms with Crippen molar-refractivity contribution in [2.24, 2.45) is 0 Å². The molecule has 0 saturated carbocycles. The number of esters is 1. The zero-order valence-corrected chi connectivity index (χ0v) is 18.4. The number of imidazole rings is 1. The number of nitro groups is 1. The summed E-state index contributed by atoms with van der Waals surface area (Å²) in [5.74, 6) is -0.620. The van der Waals surface area contributed by atoms with Crippen molar-refractivity contribution in [1.29, 1.82) is 0 Å². The molecule has 4 aromatic rings. The van der Waals surface area contributed by atoms with E-state index in [2.05, 4.69) is 20.3 Å². The molecule has 34 heavy (non-hydrogen) atoms. The maximum Gasteiger partial charge on any atom is 0.338 e. The molecule has 10 heteroatoms. The summed E-state index contributed by atoms with van der Waals surface area (Å²) in [4.78, 5) is 47.7. The number of fused-ring (bicyclic) bond motifs is 1.